The van der Waals surface area contributed by atoms with Crippen molar-refractivity contribution in [2.24, 2.45) is 0 Å². The first kappa shape index (κ1) is 25.3. The fraction of sp³-hybridized carbons (Fsp3) is 0.462. The molecular formula is C26H30N2O2S3. The molecule has 33 heavy (non-hydrogen) atoms. The minimum atomic E-state index is 0.603. The van der Waals surface area contributed by atoms with Crippen LogP contribution in [-0.2, 0) is 0 Å². The van der Waals surface area contributed by atoms with Crippen LogP contribution in [0.2, 0.25) is 0 Å². The number of hydrogen-bond donors (Lipinski definition) is 0. The average Bonchev–Trinajstić information content (AvgIpc) is 3.56. The lowest BCUT2D eigenvalue weighted by Crippen LogP contribution is -1.97. The van der Waals surface area contributed by atoms with Gasteiger partial charge in [-0.2, -0.15) is 10.5 Å². The van der Waals surface area contributed by atoms with E-state index in [1.807, 2.05) is 22.9 Å². The van der Waals surface area contributed by atoms with Crippen LogP contribution in [0.15, 0.2) is 22.9 Å². The minimum Gasteiger partial charge on any atom is -0.491 e. The lowest BCUT2D eigenvalue weighted by Gasteiger charge is -2.04. The Kier molecular flexibility index (Phi) is 10.3. The Hall–Kier alpha value is -2.32. The molecule has 0 bridgehead atoms. The largest absolute Gasteiger partial charge is 0.491 e. The molecule has 3 aromatic rings. The molecule has 7 heteroatoms. The highest BCUT2D eigenvalue weighted by atomic mass is 32.1. The standard InChI is InChI=1S/C26H30N2O2S3/c1-3-5-7-9-13-29-21-17-31-25(19(21)15-27)23-11-12-24(33-23)26-20(16-28)22(18-32-26)30-14-10-8-6-4-2/h11-12,17-18H,3-10,13-14H2,1-2H3. The Labute approximate surface area is 209 Å². The fourth-order valence-corrected chi connectivity index (χ4v) is 6.63. The third-order valence-electron chi connectivity index (χ3n) is 5.30. The van der Waals surface area contributed by atoms with Crippen LogP contribution in [-0.4, -0.2) is 13.2 Å². The lowest BCUT2D eigenvalue weighted by molar-refractivity contribution is 0.305. The van der Waals surface area contributed by atoms with Gasteiger partial charge in [-0.1, -0.05) is 52.4 Å². The van der Waals surface area contributed by atoms with E-state index in [2.05, 4.69) is 26.0 Å². The summed E-state index contributed by atoms with van der Waals surface area (Å²) in [6.07, 6.45) is 9.11. The van der Waals surface area contributed by atoms with Gasteiger partial charge in [0.25, 0.3) is 0 Å². The molecule has 0 N–H and O–H groups in total. The van der Waals surface area contributed by atoms with E-state index in [-0.39, 0.29) is 0 Å². The van der Waals surface area contributed by atoms with Gasteiger partial charge in [0.2, 0.25) is 0 Å². The molecule has 0 radical (unpaired) electrons. The first-order valence-corrected chi connectivity index (χ1v) is 14.2. The number of rotatable bonds is 14. The molecule has 0 atom stereocenters. The quantitative estimate of drug-likeness (QED) is 0.208. The molecule has 4 nitrogen and oxygen atoms in total. The predicted molar refractivity (Wildman–Crippen MR) is 140 cm³/mol. The summed E-state index contributed by atoms with van der Waals surface area (Å²) >= 11 is 4.68. The molecule has 3 heterocycles. The smallest absolute Gasteiger partial charge is 0.148 e. The van der Waals surface area contributed by atoms with Crippen molar-refractivity contribution in [1.29, 1.82) is 10.5 Å². The first-order chi connectivity index (χ1) is 16.2. The second-order valence-corrected chi connectivity index (χ2v) is 10.7. The zero-order chi connectivity index (χ0) is 23.5. The molecule has 0 aliphatic rings. The molecule has 0 unspecified atom stereocenters. The van der Waals surface area contributed by atoms with Crippen molar-refractivity contribution in [3.63, 3.8) is 0 Å². The molecule has 0 aliphatic heterocycles. The summed E-state index contributed by atoms with van der Waals surface area (Å²) < 4.78 is 11.8. The van der Waals surface area contributed by atoms with Gasteiger partial charge in [-0.3, -0.25) is 0 Å². The van der Waals surface area contributed by atoms with E-state index >= 15 is 0 Å². The average molecular weight is 499 g/mol. The molecular weight excluding hydrogens is 468 g/mol. The summed E-state index contributed by atoms with van der Waals surface area (Å²) in [7, 11) is 0. The number of ether oxygens (including phenoxy) is 2. The Morgan fingerprint density at radius 2 is 1.15 bits per heavy atom. The predicted octanol–water partition coefficient (Wildman–Crippen LogP) is 8.87. The molecule has 0 saturated heterocycles. The number of hydrogen-bond acceptors (Lipinski definition) is 7. The van der Waals surface area contributed by atoms with E-state index in [0.717, 1.165) is 45.2 Å². The third-order valence-corrected chi connectivity index (χ3v) is 8.66. The molecule has 0 spiro atoms. The van der Waals surface area contributed by atoms with E-state index in [9.17, 15) is 10.5 Å². The second-order valence-electron chi connectivity index (χ2n) is 7.81. The second kappa shape index (κ2) is 13.4. The van der Waals surface area contributed by atoms with Gasteiger partial charge in [0.15, 0.2) is 0 Å². The first-order valence-electron chi connectivity index (χ1n) is 11.6. The van der Waals surface area contributed by atoms with Crippen molar-refractivity contribution in [2.45, 2.75) is 65.2 Å². The maximum absolute atomic E-state index is 9.76. The van der Waals surface area contributed by atoms with Crippen LogP contribution in [0.3, 0.4) is 0 Å². The number of nitriles is 2. The van der Waals surface area contributed by atoms with Crippen molar-refractivity contribution >= 4 is 34.0 Å². The van der Waals surface area contributed by atoms with E-state index < -0.39 is 0 Å². The molecule has 3 rings (SSSR count). The van der Waals surface area contributed by atoms with Crippen molar-refractivity contribution in [1.82, 2.24) is 0 Å². The van der Waals surface area contributed by atoms with Gasteiger partial charge in [0.05, 0.1) is 23.0 Å². The van der Waals surface area contributed by atoms with E-state index in [0.29, 0.717) is 35.8 Å². The summed E-state index contributed by atoms with van der Waals surface area (Å²) in [5, 5.41) is 23.4. The molecule has 174 valence electrons. The van der Waals surface area contributed by atoms with Crippen LogP contribution in [0, 0.1) is 22.7 Å². The number of nitrogens with zero attached hydrogens (tertiary/aromatic N) is 2. The van der Waals surface area contributed by atoms with Gasteiger partial charge >= 0.3 is 0 Å². The van der Waals surface area contributed by atoms with Crippen LogP contribution < -0.4 is 9.47 Å². The minimum absolute atomic E-state index is 0.603. The Morgan fingerprint density at radius 1 is 0.697 bits per heavy atom. The highest BCUT2D eigenvalue weighted by Crippen LogP contribution is 2.45. The molecule has 0 aliphatic carbocycles. The van der Waals surface area contributed by atoms with Gasteiger partial charge in [0.1, 0.15) is 34.8 Å². The summed E-state index contributed by atoms with van der Waals surface area (Å²) in [4.78, 5) is 3.90. The maximum atomic E-state index is 9.76. The maximum Gasteiger partial charge on any atom is 0.148 e. The van der Waals surface area contributed by atoms with E-state index in [1.165, 1.54) is 48.4 Å². The molecule has 0 saturated carbocycles. The lowest BCUT2D eigenvalue weighted by atomic mass is 10.2. The summed E-state index contributed by atoms with van der Waals surface area (Å²) in [6, 6.07) is 8.72. The van der Waals surface area contributed by atoms with Crippen LogP contribution in [0.25, 0.3) is 19.5 Å². The third kappa shape index (κ3) is 6.60. The van der Waals surface area contributed by atoms with Crippen molar-refractivity contribution < 1.29 is 9.47 Å². The highest BCUT2D eigenvalue weighted by molar-refractivity contribution is 7.26. The van der Waals surface area contributed by atoms with E-state index in [1.54, 1.807) is 11.3 Å². The summed E-state index contributed by atoms with van der Waals surface area (Å²) in [5.41, 5.74) is 1.21. The SMILES string of the molecule is CCCCCCOc1csc(-c2ccc(-c3scc(OCCCCCC)c3C#N)s2)c1C#N. The normalized spacial score (nSPS) is 10.7. The van der Waals surface area contributed by atoms with Gasteiger partial charge in [-0.25, -0.2) is 0 Å². The van der Waals surface area contributed by atoms with Crippen molar-refractivity contribution in [3.8, 4) is 43.1 Å². The number of unbranched alkanes of at least 4 members (excludes halogenated alkanes) is 6. The van der Waals surface area contributed by atoms with Crippen LogP contribution >= 0.6 is 34.0 Å². The molecule has 0 fully saturated rings. The zero-order valence-electron chi connectivity index (χ0n) is 19.3. The topological polar surface area (TPSA) is 66.0 Å². The molecule has 3 aromatic heterocycles. The van der Waals surface area contributed by atoms with Gasteiger partial charge in [-0.15, -0.1) is 34.0 Å². The van der Waals surface area contributed by atoms with E-state index in [4.69, 9.17) is 9.47 Å². The Morgan fingerprint density at radius 3 is 1.55 bits per heavy atom. The van der Waals surface area contributed by atoms with Crippen LogP contribution in [0.5, 0.6) is 11.5 Å². The summed E-state index contributed by atoms with van der Waals surface area (Å²) in [5.74, 6) is 1.35. The van der Waals surface area contributed by atoms with Gasteiger partial charge < -0.3 is 9.47 Å². The zero-order valence-corrected chi connectivity index (χ0v) is 21.8. The highest BCUT2D eigenvalue weighted by Gasteiger charge is 2.20. The Balaban J connectivity index is 1.71. The van der Waals surface area contributed by atoms with Crippen LogP contribution in [0.4, 0.5) is 0 Å². The van der Waals surface area contributed by atoms with Gasteiger partial charge in [0, 0.05) is 20.5 Å². The monoisotopic (exact) mass is 498 g/mol. The summed E-state index contributed by atoms with van der Waals surface area (Å²) in [6.45, 7) is 5.66. The van der Waals surface area contributed by atoms with Crippen LogP contribution in [0.1, 0.15) is 76.3 Å². The number of thiophene rings is 3. The fourth-order valence-electron chi connectivity index (χ4n) is 3.47. The van der Waals surface area contributed by atoms with Crippen molar-refractivity contribution in [3.05, 3.63) is 34.0 Å². The molecule has 0 amide bonds. The van der Waals surface area contributed by atoms with Crippen molar-refractivity contribution in [2.75, 3.05) is 13.2 Å². The molecule has 0 aromatic carbocycles. The van der Waals surface area contributed by atoms with Gasteiger partial charge in [-0.05, 0) is 25.0 Å². The Bertz CT molecular complexity index is 1010.